The Hall–Kier alpha value is -0.960. The second kappa shape index (κ2) is 6.51. The SMILES string of the molecule is CCOC[C@@]12CCCO[C@@H]1CCN(S(=O)(=O)c1cn(C)cn1)C2. The Morgan fingerprint density at radius 3 is 3.04 bits per heavy atom. The second-order valence-electron chi connectivity index (χ2n) is 6.47. The third-order valence-electron chi connectivity index (χ3n) is 4.83. The Morgan fingerprint density at radius 1 is 1.52 bits per heavy atom. The first-order chi connectivity index (χ1) is 11.0. The molecule has 0 bridgehead atoms. The number of aromatic nitrogens is 2. The Labute approximate surface area is 137 Å². The first-order valence-electron chi connectivity index (χ1n) is 8.15. The molecular weight excluding hydrogens is 318 g/mol. The summed E-state index contributed by atoms with van der Waals surface area (Å²) in [4.78, 5) is 4.02. The molecule has 8 heteroatoms. The first kappa shape index (κ1) is 16.9. The van der Waals surface area contributed by atoms with Crippen LogP contribution in [-0.4, -0.2) is 61.3 Å². The molecule has 130 valence electrons. The van der Waals surface area contributed by atoms with Gasteiger partial charge in [-0.3, -0.25) is 0 Å². The van der Waals surface area contributed by atoms with E-state index in [-0.39, 0.29) is 16.5 Å². The normalized spacial score (nSPS) is 29.4. The number of sulfonamides is 1. The van der Waals surface area contributed by atoms with Gasteiger partial charge in [0.1, 0.15) is 0 Å². The maximum atomic E-state index is 12.9. The zero-order valence-corrected chi connectivity index (χ0v) is 14.6. The molecular formula is C15H25N3O4S. The summed E-state index contributed by atoms with van der Waals surface area (Å²) in [7, 11) is -1.80. The molecule has 0 spiro atoms. The van der Waals surface area contributed by atoms with Gasteiger partial charge in [-0.2, -0.15) is 4.31 Å². The maximum absolute atomic E-state index is 12.9. The molecule has 0 aromatic carbocycles. The van der Waals surface area contributed by atoms with Crippen LogP contribution >= 0.6 is 0 Å². The summed E-state index contributed by atoms with van der Waals surface area (Å²) in [6, 6.07) is 0. The lowest BCUT2D eigenvalue weighted by molar-refractivity contribution is -0.141. The summed E-state index contributed by atoms with van der Waals surface area (Å²) in [5, 5.41) is 0.113. The minimum absolute atomic E-state index is 0.0815. The van der Waals surface area contributed by atoms with Crippen LogP contribution in [0.5, 0.6) is 0 Å². The van der Waals surface area contributed by atoms with Crippen LogP contribution in [0.15, 0.2) is 17.6 Å². The molecule has 1 aromatic rings. The van der Waals surface area contributed by atoms with Crippen molar-refractivity contribution in [3.8, 4) is 0 Å². The number of ether oxygens (including phenoxy) is 2. The molecule has 2 fully saturated rings. The highest BCUT2D eigenvalue weighted by Crippen LogP contribution is 2.41. The molecule has 2 atom stereocenters. The van der Waals surface area contributed by atoms with E-state index in [0.717, 1.165) is 19.4 Å². The van der Waals surface area contributed by atoms with Gasteiger partial charge in [-0.25, -0.2) is 13.4 Å². The van der Waals surface area contributed by atoms with Gasteiger partial charge in [-0.05, 0) is 26.2 Å². The van der Waals surface area contributed by atoms with Gasteiger partial charge in [0.25, 0.3) is 10.0 Å². The van der Waals surface area contributed by atoms with Crippen molar-refractivity contribution in [2.24, 2.45) is 12.5 Å². The van der Waals surface area contributed by atoms with Crippen LogP contribution in [0.2, 0.25) is 0 Å². The molecule has 3 rings (SSSR count). The second-order valence-corrected chi connectivity index (χ2v) is 8.35. The van der Waals surface area contributed by atoms with Crippen molar-refractivity contribution >= 4 is 10.0 Å². The summed E-state index contributed by atoms with van der Waals surface area (Å²) in [6.45, 7) is 4.80. The fourth-order valence-electron chi connectivity index (χ4n) is 3.63. The van der Waals surface area contributed by atoms with E-state index in [9.17, 15) is 8.42 Å². The topological polar surface area (TPSA) is 73.7 Å². The molecule has 0 amide bonds. The highest BCUT2D eigenvalue weighted by Gasteiger charge is 2.49. The molecule has 0 unspecified atom stereocenters. The van der Waals surface area contributed by atoms with Crippen molar-refractivity contribution in [1.29, 1.82) is 0 Å². The van der Waals surface area contributed by atoms with Crippen LogP contribution in [0.3, 0.4) is 0 Å². The van der Waals surface area contributed by atoms with Crippen molar-refractivity contribution < 1.29 is 17.9 Å². The number of aryl methyl sites for hydroxylation is 1. The predicted molar refractivity (Wildman–Crippen MR) is 84.5 cm³/mol. The van der Waals surface area contributed by atoms with Gasteiger partial charge in [0, 0.05) is 45.0 Å². The van der Waals surface area contributed by atoms with Gasteiger partial charge in [-0.15, -0.1) is 0 Å². The standard InChI is InChI=1S/C15H25N3O4S/c1-3-21-11-15-6-4-8-22-13(15)5-7-18(10-15)23(19,20)14-9-17(2)12-16-14/h9,12-13H,3-8,10-11H2,1-2H3/t13-,15+/m1/s1. The number of nitrogens with zero attached hydrogens (tertiary/aromatic N) is 3. The van der Waals surface area contributed by atoms with E-state index in [4.69, 9.17) is 9.47 Å². The highest BCUT2D eigenvalue weighted by atomic mass is 32.2. The van der Waals surface area contributed by atoms with Gasteiger partial charge >= 0.3 is 0 Å². The van der Waals surface area contributed by atoms with Crippen molar-refractivity contribution in [2.75, 3.05) is 32.9 Å². The minimum atomic E-state index is -3.56. The number of piperidine rings is 1. The fraction of sp³-hybridized carbons (Fsp3) is 0.800. The number of fused-ring (bicyclic) bond motifs is 1. The average molecular weight is 343 g/mol. The van der Waals surface area contributed by atoms with Crippen LogP contribution in [-0.2, 0) is 26.5 Å². The smallest absolute Gasteiger partial charge is 0.262 e. The lowest BCUT2D eigenvalue weighted by Crippen LogP contribution is -2.58. The van der Waals surface area contributed by atoms with Crippen molar-refractivity contribution in [3.63, 3.8) is 0 Å². The zero-order valence-electron chi connectivity index (χ0n) is 13.8. The fourth-order valence-corrected chi connectivity index (χ4v) is 5.14. The highest BCUT2D eigenvalue weighted by molar-refractivity contribution is 7.89. The van der Waals surface area contributed by atoms with Crippen molar-refractivity contribution in [2.45, 2.75) is 37.3 Å². The number of hydrogen-bond acceptors (Lipinski definition) is 5. The third-order valence-corrected chi connectivity index (χ3v) is 6.56. The summed E-state index contributed by atoms with van der Waals surface area (Å²) >= 11 is 0. The Kier molecular flexibility index (Phi) is 4.78. The molecule has 0 radical (unpaired) electrons. The summed E-state index contributed by atoms with van der Waals surface area (Å²) in [6.07, 6.45) is 5.73. The first-order valence-corrected chi connectivity index (χ1v) is 9.59. The van der Waals surface area contributed by atoms with Gasteiger partial charge < -0.3 is 14.0 Å². The molecule has 23 heavy (non-hydrogen) atoms. The van der Waals surface area contributed by atoms with E-state index in [1.165, 1.54) is 6.33 Å². The van der Waals surface area contributed by atoms with Crippen molar-refractivity contribution in [1.82, 2.24) is 13.9 Å². The van der Waals surface area contributed by atoms with Crippen LogP contribution in [0.1, 0.15) is 26.2 Å². The van der Waals surface area contributed by atoms with E-state index in [0.29, 0.717) is 32.7 Å². The monoisotopic (exact) mass is 343 g/mol. The molecule has 0 saturated carbocycles. The van der Waals surface area contributed by atoms with Crippen LogP contribution in [0.4, 0.5) is 0 Å². The lowest BCUT2D eigenvalue weighted by atomic mass is 9.73. The third kappa shape index (κ3) is 3.17. The van der Waals surface area contributed by atoms with Gasteiger partial charge in [0.2, 0.25) is 0 Å². The molecule has 3 heterocycles. The lowest BCUT2D eigenvalue weighted by Gasteiger charge is -2.49. The van der Waals surface area contributed by atoms with E-state index in [2.05, 4.69) is 4.98 Å². The van der Waals surface area contributed by atoms with E-state index < -0.39 is 10.0 Å². The average Bonchev–Trinajstić information content (AvgIpc) is 2.99. The Balaban J connectivity index is 1.85. The summed E-state index contributed by atoms with van der Waals surface area (Å²) in [5.41, 5.74) is -0.242. The quantitative estimate of drug-likeness (QED) is 0.798. The Morgan fingerprint density at radius 2 is 2.35 bits per heavy atom. The molecule has 0 N–H and O–H groups in total. The van der Waals surface area contributed by atoms with Gasteiger partial charge in [0.05, 0.1) is 19.0 Å². The molecule has 2 aliphatic rings. The predicted octanol–water partition coefficient (Wildman–Crippen LogP) is 1.02. The van der Waals surface area contributed by atoms with Gasteiger partial charge in [0.15, 0.2) is 5.03 Å². The zero-order chi connectivity index (χ0) is 16.5. The van der Waals surface area contributed by atoms with Crippen LogP contribution in [0.25, 0.3) is 0 Å². The summed E-state index contributed by atoms with van der Waals surface area (Å²) < 4.78 is 40.5. The number of hydrogen-bond donors (Lipinski definition) is 0. The molecule has 2 aliphatic heterocycles. The largest absolute Gasteiger partial charge is 0.381 e. The molecule has 7 nitrogen and oxygen atoms in total. The summed E-state index contributed by atoms with van der Waals surface area (Å²) in [5.74, 6) is 0. The number of imidazole rings is 1. The van der Waals surface area contributed by atoms with Crippen molar-refractivity contribution in [3.05, 3.63) is 12.5 Å². The molecule has 0 aliphatic carbocycles. The maximum Gasteiger partial charge on any atom is 0.262 e. The molecule has 1 aromatic heterocycles. The van der Waals surface area contributed by atoms with E-state index in [1.807, 2.05) is 6.92 Å². The minimum Gasteiger partial charge on any atom is -0.381 e. The molecule has 2 saturated heterocycles. The van der Waals surface area contributed by atoms with E-state index >= 15 is 0 Å². The van der Waals surface area contributed by atoms with E-state index in [1.54, 1.807) is 22.1 Å². The van der Waals surface area contributed by atoms with Crippen LogP contribution in [0, 0.1) is 5.41 Å². The van der Waals surface area contributed by atoms with Crippen LogP contribution < -0.4 is 0 Å². The van der Waals surface area contributed by atoms with Gasteiger partial charge in [-0.1, -0.05) is 0 Å². The Bertz CT molecular complexity index is 645. The number of rotatable bonds is 5.